The van der Waals surface area contributed by atoms with Gasteiger partial charge in [-0.25, -0.2) is 17.6 Å². The molecule has 0 atom stereocenters. The fourth-order valence-corrected chi connectivity index (χ4v) is 1.59. The summed E-state index contributed by atoms with van der Waals surface area (Å²) in [6.07, 6.45) is 0.280. The van der Waals surface area contributed by atoms with Crippen LogP contribution in [0.25, 0.3) is 0 Å². The summed E-state index contributed by atoms with van der Waals surface area (Å²) in [5, 5.41) is 0. The molecule has 0 N–H and O–H groups in total. The minimum atomic E-state index is -1.09. The van der Waals surface area contributed by atoms with Crippen LogP contribution in [0.15, 0.2) is 30.3 Å². The molecule has 0 unspecified atom stereocenters. The molecular formula is C14H8F4O2. The molecule has 2 aromatic carbocycles. The van der Waals surface area contributed by atoms with Crippen molar-refractivity contribution in [1.29, 1.82) is 0 Å². The van der Waals surface area contributed by atoms with E-state index in [1.54, 1.807) is 0 Å². The van der Waals surface area contributed by atoms with E-state index in [2.05, 4.69) is 0 Å². The highest BCUT2D eigenvalue weighted by molar-refractivity contribution is 5.75. The van der Waals surface area contributed by atoms with Crippen molar-refractivity contribution in [2.45, 2.75) is 6.61 Å². The Bertz CT molecular complexity index is 633. The van der Waals surface area contributed by atoms with Crippen molar-refractivity contribution in [2.75, 3.05) is 0 Å². The smallest absolute Gasteiger partial charge is 0.191 e. The molecule has 2 rings (SSSR count). The van der Waals surface area contributed by atoms with Crippen LogP contribution < -0.4 is 4.74 Å². The van der Waals surface area contributed by atoms with E-state index < -0.39 is 35.6 Å². The first-order valence-corrected chi connectivity index (χ1v) is 5.52. The lowest BCUT2D eigenvalue weighted by Gasteiger charge is -2.09. The van der Waals surface area contributed by atoms with E-state index in [9.17, 15) is 22.4 Å². The van der Waals surface area contributed by atoms with Gasteiger partial charge in [0.15, 0.2) is 17.4 Å². The number of carbonyl (C=O) groups is 1. The van der Waals surface area contributed by atoms with Crippen LogP contribution in [0.5, 0.6) is 5.75 Å². The van der Waals surface area contributed by atoms with Gasteiger partial charge in [0.1, 0.15) is 24.5 Å². The van der Waals surface area contributed by atoms with Gasteiger partial charge in [0, 0.05) is 11.1 Å². The SMILES string of the molecule is O=Cc1cc(F)c(OCc2cc(F)ccc2F)c(F)c1. The second kappa shape index (κ2) is 5.73. The second-order valence-electron chi connectivity index (χ2n) is 3.96. The van der Waals surface area contributed by atoms with E-state index in [0.717, 1.165) is 30.3 Å². The van der Waals surface area contributed by atoms with Gasteiger partial charge < -0.3 is 4.74 Å². The monoisotopic (exact) mass is 284 g/mol. The van der Waals surface area contributed by atoms with Gasteiger partial charge >= 0.3 is 0 Å². The fourth-order valence-electron chi connectivity index (χ4n) is 1.59. The van der Waals surface area contributed by atoms with Crippen LogP contribution in [0.4, 0.5) is 17.6 Å². The van der Waals surface area contributed by atoms with Gasteiger partial charge in [0.2, 0.25) is 0 Å². The van der Waals surface area contributed by atoms with Gasteiger partial charge in [-0.3, -0.25) is 4.79 Å². The van der Waals surface area contributed by atoms with Crippen molar-refractivity contribution in [1.82, 2.24) is 0 Å². The molecule has 6 heteroatoms. The quantitative estimate of drug-likeness (QED) is 0.633. The maximum Gasteiger partial charge on any atom is 0.191 e. The van der Waals surface area contributed by atoms with Crippen molar-refractivity contribution in [3.63, 3.8) is 0 Å². The topological polar surface area (TPSA) is 26.3 Å². The summed E-state index contributed by atoms with van der Waals surface area (Å²) < 4.78 is 58.0. The van der Waals surface area contributed by atoms with E-state index in [4.69, 9.17) is 4.74 Å². The van der Waals surface area contributed by atoms with Gasteiger partial charge in [-0.05, 0) is 30.3 Å². The van der Waals surface area contributed by atoms with E-state index in [1.807, 2.05) is 0 Å². The third-order valence-corrected chi connectivity index (χ3v) is 2.54. The zero-order valence-corrected chi connectivity index (χ0v) is 10.00. The van der Waals surface area contributed by atoms with E-state index in [1.165, 1.54) is 0 Å². The largest absolute Gasteiger partial charge is 0.483 e. The minimum absolute atomic E-state index is 0.178. The molecule has 0 aliphatic carbocycles. The number of hydrogen-bond acceptors (Lipinski definition) is 2. The number of carbonyl (C=O) groups excluding carboxylic acids is 1. The van der Waals surface area contributed by atoms with Crippen molar-refractivity contribution in [3.05, 3.63) is 64.7 Å². The Morgan fingerprint density at radius 3 is 2.20 bits per heavy atom. The Morgan fingerprint density at radius 1 is 0.950 bits per heavy atom. The first-order valence-electron chi connectivity index (χ1n) is 5.52. The molecule has 0 aliphatic heterocycles. The maximum absolute atomic E-state index is 13.5. The molecule has 0 saturated carbocycles. The molecule has 0 fully saturated rings. The molecule has 0 radical (unpaired) electrons. The average Bonchev–Trinajstić information content (AvgIpc) is 2.41. The minimum Gasteiger partial charge on any atom is -0.483 e. The molecule has 0 aliphatic rings. The van der Waals surface area contributed by atoms with Crippen molar-refractivity contribution in [2.24, 2.45) is 0 Å². The third-order valence-electron chi connectivity index (χ3n) is 2.54. The van der Waals surface area contributed by atoms with Gasteiger partial charge in [0.05, 0.1) is 0 Å². The molecular weight excluding hydrogens is 276 g/mol. The summed E-state index contributed by atoms with van der Waals surface area (Å²) in [7, 11) is 0. The molecule has 104 valence electrons. The standard InChI is InChI=1S/C14H8F4O2/c15-10-1-2-11(16)9(5-10)7-20-14-12(17)3-8(6-19)4-13(14)18/h1-6H,7H2. The van der Waals surface area contributed by atoms with Gasteiger partial charge in [-0.15, -0.1) is 0 Å². The zero-order valence-electron chi connectivity index (χ0n) is 10.00. The number of aldehydes is 1. The average molecular weight is 284 g/mol. The summed E-state index contributed by atoms with van der Waals surface area (Å²) >= 11 is 0. The third kappa shape index (κ3) is 2.96. The number of hydrogen-bond donors (Lipinski definition) is 0. The van der Waals surface area contributed by atoms with E-state index >= 15 is 0 Å². The van der Waals surface area contributed by atoms with Crippen LogP contribution in [0.3, 0.4) is 0 Å². The summed E-state index contributed by atoms with van der Waals surface area (Å²) in [6.45, 7) is -0.544. The molecule has 0 amide bonds. The maximum atomic E-state index is 13.5. The Labute approximate surface area is 111 Å². The highest BCUT2D eigenvalue weighted by Crippen LogP contribution is 2.24. The van der Waals surface area contributed by atoms with Crippen molar-refractivity contribution >= 4 is 6.29 Å². The highest BCUT2D eigenvalue weighted by Gasteiger charge is 2.14. The fraction of sp³-hybridized carbons (Fsp3) is 0.0714. The van der Waals surface area contributed by atoms with Gasteiger partial charge in [-0.1, -0.05) is 0 Å². The number of halogens is 4. The van der Waals surface area contributed by atoms with E-state index in [0.29, 0.717) is 0 Å². The molecule has 0 bridgehead atoms. The Balaban J connectivity index is 2.23. The van der Waals surface area contributed by atoms with Crippen molar-refractivity contribution < 1.29 is 27.1 Å². The molecule has 0 aromatic heterocycles. The van der Waals surface area contributed by atoms with Gasteiger partial charge in [-0.2, -0.15) is 0 Å². The predicted octanol–water partition coefficient (Wildman–Crippen LogP) is 3.63. The number of ether oxygens (including phenoxy) is 1. The second-order valence-corrected chi connectivity index (χ2v) is 3.96. The lowest BCUT2D eigenvalue weighted by atomic mass is 10.2. The van der Waals surface area contributed by atoms with Crippen LogP contribution in [0, 0.1) is 23.3 Å². The van der Waals surface area contributed by atoms with Crippen LogP contribution in [-0.4, -0.2) is 6.29 Å². The summed E-state index contributed by atoms with van der Waals surface area (Å²) in [5.74, 6) is -4.38. The van der Waals surface area contributed by atoms with Crippen LogP contribution in [0.1, 0.15) is 15.9 Å². The lowest BCUT2D eigenvalue weighted by molar-refractivity contribution is 0.112. The predicted molar refractivity (Wildman–Crippen MR) is 62.4 cm³/mol. The van der Waals surface area contributed by atoms with Crippen LogP contribution in [0.2, 0.25) is 0 Å². The lowest BCUT2D eigenvalue weighted by Crippen LogP contribution is -2.03. The molecule has 0 saturated heterocycles. The normalized spacial score (nSPS) is 10.4. The van der Waals surface area contributed by atoms with Crippen LogP contribution in [-0.2, 0) is 6.61 Å². The number of rotatable bonds is 4. The first-order chi connectivity index (χ1) is 9.51. The molecule has 2 aromatic rings. The first kappa shape index (κ1) is 14.0. The summed E-state index contributed by atoms with van der Waals surface area (Å²) in [4.78, 5) is 10.4. The Kier molecular flexibility index (Phi) is 4.02. The summed E-state index contributed by atoms with van der Waals surface area (Å²) in [6, 6.07) is 4.24. The highest BCUT2D eigenvalue weighted by atomic mass is 19.1. The van der Waals surface area contributed by atoms with Gasteiger partial charge in [0.25, 0.3) is 0 Å². The molecule has 0 spiro atoms. The molecule has 2 nitrogen and oxygen atoms in total. The zero-order chi connectivity index (χ0) is 14.7. The molecule has 20 heavy (non-hydrogen) atoms. The molecule has 0 heterocycles. The Hall–Kier alpha value is -2.37. The number of benzene rings is 2. The van der Waals surface area contributed by atoms with Crippen molar-refractivity contribution in [3.8, 4) is 5.75 Å². The van der Waals surface area contributed by atoms with Crippen LogP contribution >= 0.6 is 0 Å². The Morgan fingerprint density at radius 2 is 1.60 bits per heavy atom. The summed E-state index contributed by atoms with van der Waals surface area (Å²) in [5.41, 5.74) is -0.368. The van der Waals surface area contributed by atoms with E-state index in [-0.39, 0.29) is 17.4 Å².